The van der Waals surface area contributed by atoms with Gasteiger partial charge in [-0.15, -0.1) is 0 Å². The summed E-state index contributed by atoms with van der Waals surface area (Å²) < 4.78 is 47.3. The molecule has 0 radical (unpaired) electrons. The molecule has 0 fully saturated rings. The van der Waals surface area contributed by atoms with Crippen LogP contribution in [-0.4, -0.2) is 46.9 Å². The maximum absolute atomic E-state index is 14.9. The van der Waals surface area contributed by atoms with Crippen LogP contribution in [0.25, 0.3) is 22.8 Å². The number of carbonyl (C=O) groups is 2. The van der Waals surface area contributed by atoms with Gasteiger partial charge in [0, 0.05) is 23.3 Å². The van der Waals surface area contributed by atoms with Gasteiger partial charge in [-0.3, -0.25) is 19.7 Å². The minimum Gasteiger partial charge on any atom is -0.480 e. The van der Waals surface area contributed by atoms with E-state index in [0.717, 1.165) is 30.3 Å². The van der Waals surface area contributed by atoms with Crippen molar-refractivity contribution in [2.24, 2.45) is 0 Å². The van der Waals surface area contributed by atoms with E-state index < -0.39 is 39.2 Å². The topological polar surface area (TPSA) is 183 Å². The average molecular weight is 540 g/mol. The number of carboxylic acids is 1. The predicted octanol–water partition coefficient (Wildman–Crippen LogP) is 3.24. The van der Waals surface area contributed by atoms with Gasteiger partial charge in [-0.25, -0.2) is 12.8 Å². The largest absolute Gasteiger partial charge is 0.480 e. The summed E-state index contributed by atoms with van der Waals surface area (Å²) in [6.07, 6.45) is 0.273. The van der Waals surface area contributed by atoms with E-state index in [9.17, 15) is 37.6 Å². The molecule has 2 N–H and O–H groups in total. The highest BCUT2D eigenvalue weighted by Crippen LogP contribution is 2.26. The standard InChI is InChI=1S/C24H17FN4O8S/c25-20-11-15(3-10-19(20)22-26-23(37-27-22)16-4-1-14(13-30)2-5-16)12-21(24(31)32)28-38(35,36)18-8-6-17(7-9-18)29(33)34/h1-11,13,21,28H,12H2,(H,31,32). The van der Waals surface area contributed by atoms with Gasteiger partial charge >= 0.3 is 5.97 Å². The van der Waals surface area contributed by atoms with Gasteiger partial charge in [0.05, 0.1) is 15.4 Å². The van der Waals surface area contributed by atoms with Crippen LogP contribution in [0.2, 0.25) is 0 Å². The van der Waals surface area contributed by atoms with E-state index in [-0.39, 0.29) is 33.4 Å². The van der Waals surface area contributed by atoms with Crippen LogP contribution >= 0.6 is 0 Å². The summed E-state index contributed by atoms with van der Waals surface area (Å²) in [6.45, 7) is 0. The third-order valence-corrected chi connectivity index (χ3v) is 6.87. The molecule has 0 bridgehead atoms. The van der Waals surface area contributed by atoms with Crippen molar-refractivity contribution in [3.63, 3.8) is 0 Å². The summed E-state index contributed by atoms with van der Waals surface area (Å²) in [6, 6.07) is 12.2. The molecule has 1 atom stereocenters. The van der Waals surface area contributed by atoms with Crippen LogP contribution in [0, 0.1) is 15.9 Å². The minimum absolute atomic E-state index is 0.0356. The molecule has 0 aliphatic carbocycles. The molecule has 1 heterocycles. The SMILES string of the molecule is O=Cc1ccc(-c2nc(-c3ccc(CC(NS(=O)(=O)c4ccc([N+](=O)[O-])cc4)C(=O)O)cc3F)no2)cc1. The highest BCUT2D eigenvalue weighted by atomic mass is 32.2. The number of rotatable bonds is 10. The molecule has 3 aromatic carbocycles. The molecule has 0 spiro atoms. The first kappa shape index (κ1) is 26.2. The second-order valence-electron chi connectivity index (χ2n) is 7.94. The Morgan fingerprint density at radius 1 is 1.13 bits per heavy atom. The first-order chi connectivity index (χ1) is 18.1. The van der Waals surface area contributed by atoms with E-state index in [1.54, 1.807) is 24.3 Å². The van der Waals surface area contributed by atoms with Crippen LogP contribution in [0.5, 0.6) is 0 Å². The first-order valence-corrected chi connectivity index (χ1v) is 12.2. The molecule has 12 nitrogen and oxygen atoms in total. The van der Waals surface area contributed by atoms with E-state index in [1.807, 2.05) is 4.72 Å². The fourth-order valence-electron chi connectivity index (χ4n) is 3.44. The number of nitrogens with zero attached hydrogens (tertiary/aromatic N) is 3. The van der Waals surface area contributed by atoms with Crippen LogP contribution in [0.15, 0.2) is 76.1 Å². The van der Waals surface area contributed by atoms with Gasteiger partial charge in [0.15, 0.2) is 0 Å². The quantitative estimate of drug-likeness (QED) is 0.172. The number of benzene rings is 3. The van der Waals surface area contributed by atoms with E-state index in [4.69, 9.17) is 4.52 Å². The van der Waals surface area contributed by atoms with Crippen molar-refractivity contribution in [1.29, 1.82) is 0 Å². The smallest absolute Gasteiger partial charge is 0.322 e. The molecule has 0 saturated carbocycles. The normalized spacial score (nSPS) is 12.1. The molecule has 38 heavy (non-hydrogen) atoms. The van der Waals surface area contributed by atoms with Gasteiger partial charge in [-0.1, -0.05) is 23.4 Å². The molecule has 14 heteroatoms. The van der Waals surface area contributed by atoms with Crippen LogP contribution in [0.3, 0.4) is 0 Å². The molecule has 0 amide bonds. The van der Waals surface area contributed by atoms with Crippen molar-refractivity contribution >= 4 is 28.0 Å². The summed E-state index contributed by atoms with van der Waals surface area (Å²) in [5, 5.41) is 24.1. The minimum atomic E-state index is -4.36. The molecule has 4 aromatic rings. The number of nitro benzene ring substituents is 1. The Bertz CT molecular complexity index is 1620. The number of aromatic nitrogens is 2. The highest BCUT2D eigenvalue weighted by Gasteiger charge is 2.27. The van der Waals surface area contributed by atoms with Crippen LogP contribution in [-0.2, 0) is 21.2 Å². The Hall–Kier alpha value is -4.82. The van der Waals surface area contributed by atoms with Gasteiger partial charge < -0.3 is 9.63 Å². The average Bonchev–Trinajstić information content (AvgIpc) is 3.38. The summed E-state index contributed by atoms with van der Waals surface area (Å²) in [5.74, 6) is -2.29. The number of sulfonamides is 1. The Balaban J connectivity index is 1.51. The fraction of sp³-hybridized carbons (Fsp3) is 0.0833. The maximum atomic E-state index is 14.9. The summed E-state index contributed by atoms with van der Waals surface area (Å²) >= 11 is 0. The zero-order chi connectivity index (χ0) is 27.4. The third kappa shape index (κ3) is 5.77. The zero-order valence-electron chi connectivity index (χ0n) is 19.1. The van der Waals surface area contributed by atoms with Crippen molar-refractivity contribution in [1.82, 2.24) is 14.9 Å². The Morgan fingerprint density at radius 3 is 2.39 bits per heavy atom. The second-order valence-corrected chi connectivity index (χ2v) is 9.66. The lowest BCUT2D eigenvalue weighted by Crippen LogP contribution is -2.42. The molecular formula is C24H17FN4O8S. The maximum Gasteiger partial charge on any atom is 0.322 e. The number of non-ortho nitro benzene ring substituents is 1. The highest BCUT2D eigenvalue weighted by molar-refractivity contribution is 7.89. The lowest BCUT2D eigenvalue weighted by atomic mass is 10.0. The van der Waals surface area contributed by atoms with E-state index in [1.165, 1.54) is 12.1 Å². The van der Waals surface area contributed by atoms with E-state index in [2.05, 4.69) is 10.1 Å². The summed E-state index contributed by atoms with van der Waals surface area (Å²) in [7, 11) is -4.36. The number of nitrogens with one attached hydrogen (secondary N) is 1. The van der Waals surface area contributed by atoms with E-state index >= 15 is 0 Å². The van der Waals surface area contributed by atoms with Crippen molar-refractivity contribution in [3.05, 3.63) is 93.8 Å². The Kier molecular flexibility index (Phi) is 7.36. The molecule has 0 saturated heterocycles. The predicted molar refractivity (Wildman–Crippen MR) is 129 cm³/mol. The number of halogens is 1. The number of carboxylic acid groups (broad SMARTS) is 1. The Labute approximate surface area is 213 Å². The van der Waals surface area contributed by atoms with Gasteiger partial charge in [0.1, 0.15) is 18.1 Å². The van der Waals surface area contributed by atoms with Crippen molar-refractivity contribution < 1.29 is 37.0 Å². The first-order valence-electron chi connectivity index (χ1n) is 10.7. The molecule has 194 valence electrons. The molecule has 0 aliphatic rings. The number of carbonyl (C=O) groups excluding carboxylic acids is 1. The van der Waals surface area contributed by atoms with E-state index in [0.29, 0.717) is 17.4 Å². The molecule has 4 rings (SSSR count). The van der Waals surface area contributed by atoms with Gasteiger partial charge in [-0.2, -0.15) is 9.71 Å². The summed E-state index contributed by atoms with van der Waals surface area (Å²) in [4.78, 5) is 36.4. The number of aliphatic carboxylic acids is 1. The van der Waals surface area contributed by atoms with Crippen LogP contribution in [0.1, 0.15) is 15.9 Å². The zero-order valence-corrected chi connectivity index (χ0v) is 20.0. The molecule has 0 aliphatic heterocycles. The van der Waals surface area contributed by atoms with Gasteiger partial charge in [0.25, 0.3) is 11.6 Å². The monoisotopic (exact) mass is 540 g/mol. The number of hydrogen-bond acceptors (Lipinski definition) is 9. The van der Waals surface area contributed by atoms with Crippen molar-refractivity contribution in [2.75, 3.05) is 0 Å². The van der Waals surface area contributed by atoms with Crippen LogP contribution < -0.4 is 4.72 Å². The molecule has 1 unspecified atom stereocenters. The Morgan fingerprint density at radius 2 is 1.82 bits per heavy atom. The van der Waals surface area contributed by atoms with Crippen molar-refractivity contribution in [2.45, 2.75) is 17.4 Å². The number of aldehydes is 1. The van der Waals surface area contributed by atoms with Crippen molar-refractivity contribution in [3.8, 4) is 22.8 Å². The fourth-order valence-corrected chi connectivity index (χ4v) is 4.63. The second kappa shape index (κ2) is 10.7. The lowest BCUT2D eigenvalue weighted by Gasteiger charge is -2.15. The lowest BCUT2D eigenvalue weighted by molar-refractivity contribution is -0.384. The molecular weight excluding hydrogens is 523 g/mol. The number of hydrogen-bond donors (Lipinski definition) is 2. The molecule has 1 aromatic heterocycles. The summed E-state index contributed by atoms with van der Waals surface area (Å²) in [5.41, 5.74) is 0.754. The number of nitro groups is 1. The van der Waals surface area contributed by atoms with Crippen LogP contribution in [0.4, 0.5) is 10.1 Å². The van der Waals surface area contributed by atoms with Gasteiger partial charge in [0.2, 0.25) is 15.8 Å². The van der Waals surface area contributed by atoms with Gasteiger partial charge in [-0.05, 0) is 48.4 Å². The third-order valence-electron chi connectivity index (χ3n) is 5.39.